The van der Waals surface area contributed by atoms with E-state index in [4.69, 9.17) is 14.7 Å². The summed E-state index contributed by atoms with van der Waals surface area (Å²) >= 11 is 0. The summed E-state index contributed by atoms with van der Waals surface area (Å²) in [5.74, 6) is 1.21. The van der Waals surface area contributed by atoms with E-state index >= 15 is 0 Å². The second-order valence-electron chi connectivity index (χ2n) is 9.73. The molecule has 34 heavy (non-hydrogen) atoms. The van der Waals surface area contributed by atoms with Crippen LogP contribution < -0.4 is 9.64 Å². The summed E-state index contributed by atoms with van der Waals surface area (Å²) in [6, 6.07) is 17.1. The van der Waals surface area contributed by atoms with Gasteiger partial charge in [0.2, 0.25) is 5.88 Å². The number of nitrogens with zero attached hydrogens (tertiary/aromatic N) is 5. The van der Waals surface area contributed by atoms with Crippen LogP contribution in [-0.4, -0.2) is 58.1 Å². The summed E-state index contributed by atoms with van der Waals surface area (Å²) < 4.78 is 6.23. The molecular formula is C27H31N5O2. The van der Waals surface area contributed by atoms with E-state index < -0.39 is 0 Å². The molecule has 0 radical (unpaired) electrons. The molecular weight excluding hydrogens is 426 g/mol. The predicted molar refractivity (Wildman–Crippen MR) is 132 cm³/mol. The summed E-state index contributed by atoms with van der Waals surface area (Å²) in [5.41, 5.74) is 2.97. The first kappa shape index (κ1) is 21.4. The lowest BCUT2D eigenvalue weighted by Gasteiger charge is -2.37. The van der Waals surface area contributed by atoms with E-state index in [0.717, 1.165) is 42.4 Å². The number of carbonyl (C=O) groups is 1. The maximum absolute atomic E-state index is 13.4. The van der Waals surface area contributed by atoms with E-state index in [-0.39, 0.29) is 6.03 Å². The molecule has 3 heterocycles. The number of carbonyl (C=O) groups excluding carboxylic acids is 1. The number of ether oxygens (including phenoxy) is 1. The molecule has 7 nitrogen and oxygen atoms in total. The first-order valence-electron chi connectivity index (χ1n) is 12.4. The van der Waals surface area contributed by atoms with Crippen LogP contribution in [0.3, 0.4) is 0 Å². The zero-order valence-electron chi connectivity index (χ0n) is 19.7. The quantitative estimate of drug-likeness (QED) is 0.519. The Labute approximate surface area is 200 Å². The fourth-order valence-corrected chi connectivity index (χ4v) is 5.29. The van der Waals surface area contributed by atoms with Crippen LogP contribution in [0, 0.1) is 0 Å². The minimum Gasteiger partial charge on any atom is -0.477 e. The van der Waals surface area contributed by atoms with Crippen LogP contribution in [-0.2, 0) is 13.1 Å². The molecule has 1 saturated heterocycles. The van der Waals surface area contributed by atoms with Crippen LogP contribution in [0.15, 0.2) is 48.5 Å². The van der Waals surface area contributed by atoms with Crippen LogP contribution in [0.25, 0.3) is 10.9 Å². The van der Waals surface area contributed by atoms with Gasteiger partial charge in [-0.1, -0.05) is 30.3 Å². The van der Waals surface area contributed by atoms with E-state index in [1.54, 1.807) is 0 Å². The molecule has 1 unspecified atom stereocenters. The Balaban J connectivity index is 1.28. The first-order chi connectivity index (χ1) is 16.7. The normalized spacial score (nSPS) is 20.7. The van der Waals surface area contributed by atoms with Gasteiger partial charge in [0.15, 0.2) is 5.82 Å². The molecule has 6 rings (SSSR count). The van der Waals surface area contributed by atoms with Crippen molar-refractivity contribution in [1.82, 2.24) is 19.8 Å². The molecule has 0 bridgehead atoms. The van der Waals surface area contributed by atoms with Crippen molar-refractivity contribution in [2.75, 3.05) is 25.1 Å². The third-order valence-electron chi connectivity index (χ3n) is 7.36. The standard InChI is InChI=1S/C27H31N5O2/c1-30-15-6-8-20(30)14-16-34-26-22-9-3-4-10-23(22)28-25(29-26)18-32-24-11-5-2-7-19(24)17-31(27(32)33)21-12-13-21/h2-5,7,9-11,20-21H,6,8,12-18H2,1H3. The second-order valence-corrected chi connectivity index (χ2v) is 9.73. The highest BCUT2D eigenvalue weighted by Crippen LogP contribution is 2.37. The molecule has 1 aromatic heterocycles. The lowest BCUT2D eigenvalue weighted by molar-refractivity contribution is 0.194. The molecule has 7 heteroatoms. The highest BCUT2D eigenvalue weighted by molar-refractivity contribution is 5.95. The number of hydrogen-bond donors (Lipinski definition) is 0. The molecule has 0 spiro atoms. The highest BCUT2D eigenvalue weighted by Gasteiger charge is 2.39. The van der Waals surface area contributed by atoms with Gasteiger partial charge in [-0.05, 0) is 69.5 Å². The number of fused-ring (bicyclic) bond motifs is 2. The summed E-state index contributed by atoms with van der Waals surface area (Å²) in [6.45, 7) is 2.79. The van der Waals surface area contributed by atoms with Crippen molar-refractivity contribution in [3.05, 3.63) is 59.9 Å². The molecule has 1 atom stereocenters. The van der Waals surface area contributed by atoms with Gasteiger partial charge in [0, 0.05) is 18.6 Å². The van der Waals surface area contributed by atoms with Crippen molar-refractivity contribution in [2.24, 2.45) is 0 Å². The number of anilines is 1. The summed E-state index contributed by atoms with van der Waals surface area (Å²) in [6.07, 6.45) is 5.64. The zero-order chi connectivity index (χ0) is 23.1. The average Bonchev–Trinajstić information content (AvgIpc) is 3.62. The fraction of sp³-hybridized carbons (Fsp3) is 0.444. The topological polar surface area (TPSA) is 61.8 Å². The predicted octanol–water partition coefficient (Wildman–Crippen LogP) is 4.60. The van der Waals surface area contributed by atoms with Gasteiger partial charge in [-0.3, -0.25) is 4.90 Å². The van der Waals surface area contributed by atoms with E-state index in [2.05, 4.69) is 18.0 Å². The maximum Gasteiger partial charge on any atom is 0.325 e. The number of hydrogen-bond acceptors (Lipinski definition) is 5. The molecule has 3 aromatic rings. The van der Waals surface area contributed by atoms with Gasteiger partial charge in [-0.15, -0.1) is 0 Å². The Bertz CT molecular complexity index is 1210. The second kappa shape index (κ2) is 8.87. The minimum atomic E-state index is 0.0460. The number of aromatic nitrogens is 2. The number of urea groups is 1. The molecule has 2 aliphatic heterocycles. The Kier molecular flexibility index (Phi) is 5.57. The smallest absolute Gasteiger partial charge is 0.325 e. The van der Waals surface area contributed by atoms with E-state index in [0.29, 0.717) is 43.5 Å². The molecule has 2 amide bonds. The number of amides is 2. The molecule has 2 aromatic carbocycles. The van der Waals surface area contributed by atoms with Gasteiger partial charge in [-0.25, -0.2) is 9.78 Å². The zero-order valence-corrected chi connectivity index (χ0v) is 19.7. The van der Waals surface area contributed by atoms with Crippen molar-refractivity contribution in [1.29, 1.82) is 0 Å². The summed E-state index contributed by atoms with van der Waals surface area (Å²) in [4.78, 5) is 29.3. The molecule has 3 aliphatic rings. The Morgan fingerprint density at radius 2 is 1.85 bits per heavy atom. The Morgan fingerprint density at radius 3 is 2.68 bits per heavy atom. The van der Waals surface area contributed by atoms with Crippen molar-refractivity contribution in [3.8, 4) is 5.88 Å². The van der Waals surface area contributed by atoms with Crippen LogP contribution in [0.1, 0.15) is 43.5 Å². The lowest BCUT2D eigenvalue weighted by atomic mass is 10.1. The molecule has 1 saturated carbocycles. The van der Waals surface area contributed by atoms with Gasteiger partial charge in [0.25, 0.3) is 0 Å². The van der Waals surface area contributed by atoms with E-state index in [1.165, 1.54) is 18.4 Å². The SMILES string of the molecule is CN1CCCC1CCOc1nc(CN2C(=O)N(C3CC3)Cc3ccccc32)nc2ccccc12. The minimum absolute atomic E-state index is 0.0460. The fourth-order valence-electron chi connectivity index (χ4n) is 5.29. The third-order valence-corrected chi connectivity index (χ3v) is 7.36. The van der Waals surface area contributed by atoms with Crippen molar-refractivity contribution in [2.45, 2.75) is 57.3 Å². The molecule has 0 N–H and O–H groups in total. The van der Waals surface area contributed by atoms with Crippen LogP contribution in [0.4, 0.5) is 10.5 Å². The van der Waals surface area contributed by atoms with Crippen LogP contribution in [0.2, 0.25) is 0 Å². The van der Waals surface area contributed by atoms with Gasteiger partial charge in [0.1, 0.15) is 0 Å². The van der Waals surface area contributed by atoms with E-state index in [1.807, 2.05) is 52.3 Å². The van der Waals surface area contributed by atoms with Crippen molar-refractivity contribution < 1.29 is 9.53 Å². The number of benzene rings is 2. The van der Waals surface area contributed by atoms with Crippen LogP contribution >= 0.6 is 0 Å². The summed E-state index contributed by atoms with van der Waals surface area (Å²) in [5, 5.41) is 0.913. The van der Waals surface area contributed by atoms with Crippen molar-refractivity contribution in [3.63, 3.8) is 0 Å². The summed E-state index contributed by atoms with van der Waals surface area (Å²) in [7, 11) is 2.19. The Morgan fingerprint density at radius 1 is 1.03 bits per heavy atom. The largest absolute Gasteiger partial charge is 0.477 e. The van der Waals surface area contributed by atoms with Gasteiger partial charge in [0.05, 0.1) is 29.7 Å². The highest BCUT2D eigenvalue weighted by atomic mass is 16.5. The van der Waals surface area contributed by atoms with Gasteiger partial charge < -0.3 is 14.5 Å². The van der Waals surface area contributed by atoms with Gasteiger partial charge >= 0.3 is 6.03 Å². The lowest BCUT2D eigenvalue weighted by Crippen LogP contribution is -2.47. The number of rotatable bonds is 7. The van der Waals surface area contributed by atoms with E-state index in [9.17, 15) is 4.79 Å². The number of likely N-dealkylation sites (tertiary alicyclic amines) is 1. The monoisotopic (exact) mass is 457 g/mol. The van der Waals surface area contributed by atoms with Crippen LogP contribution in [0.5, 0.6) is 5.88 Å². The third kappa shape index (κ3) is 4.09. The van der Waals surface area contributed by atoms with Crippen molar-refractivity contribution >= 4 is 22.6 Å². The number of para-hydroxylation sites is 2. The maximum atomic E-state index is 13.4. The molecule has 2 fully saturated rings. The Hall–Kier alpha value is -3.19. The molecule has 1 aliphatic carbocycles. The molecule has 176 valence electrons. The van der Waals surface area contributed by atoms with Gasteiger partial charge in [-0.2, -0.15) is 4.98 Å². The average molecular weight is 458 g/mol. The first-order valence-corrected chi connectivity index (χ1v) is 12.4.